The van der Waals surface area contributed by atoms with Crippen LogP contribution in [0, 0.1) is 25.2 Å². The summed E-state index contributed by atoms with van der Waals surface area (Å²) in [4.78, 5) is 0. The molecule has 124 valence electrons. The number of nitrogens with one attached hydrogen (secondary N) is 1. The van der Waals surface area contributed by atoms with Crippen molar-refractivity contribution in [2.24, 2.45) is 0 Å². The number of hydrogen-bond donors (Lipinski definition) is 1. The molecular weight excluding hydrogens is 316 g/mol. The molecule has 0 unspecified atom stereocenters. The summed E-state index contributed by atoms with van der Waals surface area (Å²) in [6.07, 6.45) is 0. The van der Waals surface area contributed by atoms with E-state index in [0.717, 1.165) is 22.2 Å². The Morgan fingerprint density at radius 3 is 2.08 bits per heavy atom. The Hall–Kier alpha value is -3.31. The first-order valence-corrected chi connectivity index (χ1v) is 8.87. The Kier molecular flexibility index (Phi) is 2.94. The zero-order valence-electron chi connectivity index (χ0n) is 15.1. The van der Waals surface area contributed by atoms with Gasteiger partial charge in [-0.05, 0) is 64.0 Å². The van der Waals surface area contributed by atoms with Gasteiger partial charge in [-0.15, -0.1) is 0 Å². The lowest BCUT2D eigenvalue weighted by molar-refractivity contribution is 1.44. The normalized spacial score (nSPS) is 11.6. The quantitative estimate of drug-likeness (QED) is 0.290. The highest BCUT2D eigenvalue weighted by molar-refractivity contribution is 6.36. The van der Waals surface area contributed by atoms with Gasteiger partial charge in [0.05, 0.1) is 11.6 Å². The second-order valence-corrected chi connectivity index (χ2v) is 7.05. The molecule has 0 saturated heterocycles. The number of benzene rings is 5. The van der Waals surface area contributed by atoms with E-state index in [0.29, 0.717) is 0 Å². The topological polar surface area (TPSA) is 35.8 Å². The molecule has 0 atom stereocenters. The molecule has 5 aromatic rings. The minimum atomic E-state index is 0.755. The molecule has 0 saturated carbocycles. The van der Waals surface area contributed by atoms with Crippen LogP contribution in [-0.2, 0) is 0 Å². The first-order chi connectivity index (χ1) is 12.7. The number of anilines is 1. The molecule has 0 radical (unpaired) electrons. The molecule has 0 aliphatic heterocycles. The van der Waals surface area contributed by atoms with Crippen molar-refractivity contribution < 1.29 is 0 Å². The van der Waals surface area contributed by atoms with Crippen LogP contribution in [0.1, 0.15) is 16.7 Å². The molecule has 5 aromatic carbocycles. The van der Waals surface area contributed by atoms with Crippen LogP contribution < -0.4 is 5.32 Å². The maximum absolute atomic E-state index is 9.88. The Morgan fingerprint density at radius 1 is 0.769 bits per heavy atom. The minimum Gasteiger partial charge on any atom is -0.388 e. The number of rotatable bonds is 1. The van der Waals surface area contributed by atoms with E-state index < -0.39 is 0 Å². The summed E-state index contributed by atoms with van der Waals surface area (Å²) in [7, 11) is 1.97. The molecule has 0 aromatic heterocycles. The average molecular weight is 334 g/mol. The fourth-order valence-corrected chi connectivity index (χ4v) is 4.67. The van der Waals surface area contributed by atoms with E-state index >= 15 is 0 Å². The number of hydrogen-bond acceptors (Lipinski definition) is 2. The average Bonchev–Trinajstić information content (AvgIpc) is 2.66. The highest BCUT2D eigenvalue weighted by Gasteiger charge is 2.20. The van der Waals surface area contributed by atoms with Crippen molar-refractivity contribution >= 4 is 48.8 Å². The van der Waals surface area contributed by atoms with Crippen molar-refractivity contribution in [3.05, 3.63) is 65.2 Å². The molecule has 0 fully saturated rings. The molecule has 0 heterocycles. The predicted molar refractivity (Wildman–Crippen MR) is 111 cm³/mol. The van der Waals surface area contributed by atoms with Gasteiger partial charge in [-0.3, -0.25) is 0 Å². The van der Waals surface area contributed by atoms with Gasteiger partial charge in [-0.25, -0.2) is 0 Å². The Bertz CT molecular complexity index is 1380. The largest absolute Gasteiger partial charge is 0.388 e. The fourth-order valence-electron chi connectivity index (χ4n) is 4.67. The molecule has 5 rings (SSSR count). The third kappa shape index (κ3) is 1.70. The van der Waals surface area contributed by atoms with Crippen molar-refractivity contribution in [2.75, 3.05) is 12.4 Å². The molecule has 0 bridgehead atoms. The van der Waals surface area contributed by atoms with Crippen molar-refractivity contribution in [1.29, 1.82) is 5.26 Å². The third-order valence-corrected chi connectivity index (χ3v) is 5.63. The van der Waals surface area contributed by atoms with Gasteiger partial charge >= 0.3 is 0 Å². The summed E-state index contributed by atoms with van der Waals surface area (Å²) < 4.78 is 0. The summed E-state index contributed by atoms with van der Waals surface area (Å²) in [5, 5.41) is 22.9. The lowest BCUT2D eigenvalue weighted by atomic mass is 9.84. The Balaban J connectivity index is 2.32. The van der Waals surface area contributed by atoms with E-state index in [2.05, 4.69) is 67.7 Å². The number of fused-ring (bicyclic) bond motifs is 2. The molecule has 0 amide bonds. The van der Waals surface area contributed by atoms with E-state index in [1.807, 2.05) is 13.1 Å². The van der Waals surface area contributed by atoms with Crippen LogP contribution in [0.2, 0.25) is 0 Å². The van der Waals surface area contributed by atoms with E-state index in [9.17, 15) is 5.26 Å². The van der Waals surface area contributed by atoms with Gasteiger partial charge in [0.2, 0.25) is 0 Å². The fraction of sp³-hybridized carbons (Fsp3) is 0.125. The smallest absolute Gasteiger partial charge is 0.0998 e. The molecular formula is C24H18N2. The molecule has 2 heteroatoms. The van der Waals surface area contributed by atoms with Gasteiger partial charge in [-0.2, -0.15) is 5.26 Å². The number of nitrogens with zero attached hydrogens (tertiary/aromatic N) is 1. The van der Waals surface area contributed by atoms with Crippen molar-refractivity contribution in [2.45, 2.75) is 13.8 Å². The van der Waals surface area contributed by atoms with Crippen LogP contribution in [-0.4, -0.2) is 7.05 Å². The summed E-state index contributed by atoms with van der Waals surface area (Å²) in [6, 6.07) is 19.6. The lowest BCUT2D eigenvalue weighted by Crippen LogP contribution is -1.98. The zero-order chi connectivity index (χ0) is 18.0. The van der Waals surface area contributed by atoms with Gasteiger partial charge < -0.3 is 5.32 Å². The summed E-state index contributed by atoms with van der Waals surface area (Å²) in [5.74, 6) is 0. The summed E-state index contributed by atoms with van der Waals surface area (Å²) in [5.41, 5.74) is 4.27. The van der Waals surface area contributed by atoms with E-state index in [1.54, 1.807) is 0 Å². The second kappa shape index (κ2) is 5.09. The highest BCUT2D eigenvalue weighted by Crippen LogP contribution is 2.46. The van der Waals surface area contributed by atoms with Gasteiger partial charge in [-0.1, -0.05) is 36.4 Å². The summed E-state index contributed by atoms with van der Waals surface area (Å²) >= 11 is 0. The van der Waals surface area contributed by atoms with Gasteiger partial charge in [0.1, 0.15) is 0 Å². The lowest BCUT2D eigenvalue weighted by Gasteiger charge is -2.20. The van der Waals surface area contributed by atoms with Crippen LogP contribution in [0.5, 0.6) is 0 Å². The van der Waals surface area contributed by atoms with Crippen LogP contribution in [0.4, 0.5) is 5.69 Å². The maximum Gasteiger partial charge on any atom is 0.0998 e. The molecule has 1 N–H and O–H groups in total. The van der Waals surface area contributed by atoms with Crippen LogP contribution in [0.3, 0.4) is 0 Å². The first kappa shape index (κ1) is 15.0. The molecule has 0 spiro atoms. The first-order valence-electron chi connectivity index (χ1n) is 8.87. The van der Waals surface area contributed by atoms with Crippen molar-refractivity contribution in [1.82, 2.24) is 0 Å². The van der Waals surface area contributed by atoms with E-state index in [1.165, 1.54) is 43.3 Å². The van der Waals surface area contributed by atoms with Gasteiger partial charge in [0.25, 0.3) is 0 Å². The SMILES string of the molecule is CNc1cc(C)c2c(C)cc(C#N)c3c4cccc5cccc(c1c23)c54. The number of nitriles is 1. The standard InChI is InChI=1S/C24H18N2/c1-13-10-16(12-25)22-17-8-4-6-15-7-5-9-18(21(15)17)23-19(26-3)11-14(2)20(13)24(22)23/h4-11,26H,1-3H3. The number of aryl methyl sites for hydroxylation is 2. The van der Waals surface area contributed by atoms with Crippen molar-refractivity contribution in [3.8, 4) is 6.07 Å². The summed E-state index contributed by atoms with van der Waals surface area (Å²) in [6.45, 7) is 4.26. The van der Waals surface area contributed by atoms with Crippen LogP contribution in [0.15, 0.2) is 48.5 Å². The molecule has 0 aliphatic rings. The maximum atomic E-state index is 9.88. The van der Waals surface area contributed by atoms with Crippen LogP contribution >= 0.6 is 0 Å². The molecule has 26 heavy (non-hydrogen) atoms. The predicted octanol–water partition coefficient (Wildman–Crippen LogP) is 6.27. The minimum absolute atomic E-state index is 0.755. The molecule has 2 nitrogen and oxygen atoms in total. The second-order valence-electron chi connectivity index (χ2n) is 7.05. The monoisotopic (exact) mass is 334 g/mol. The van der Waals surface area contributed by atoms with Crippen molar-refractivity contribution in [3.63, 3.8) is 0 Å². The third-order valence-electron chi connectivity index (χ3n) is 5.63. The van der Waals surface area contributed by atoms with Crippen LogP contribution in [0.25, 0.3) is 43.1 Å². The van der Waals surface area contributed by atoms with E-state index in [4.69, 9.17) is 0 Å². The van der Waals surface area contributed by atoms with Gasteiger partial charge in [0, 0.05) is 28.9 Å². The molecule has 0 aliphatic carbocycles. The Morgan fingerprint density at radius 2 is 1.42 bits per heavy atom. The van der Waals surface area contributed by atoms with Gasteiger partial charge in [0.15, 0.2) is 0 Å². The Labute approximate surface area is 152 Å². The van der Waals surface area contributed by atoms with E-state index in [-0.39, 0.29) is 0 Å². The zero-order valence-corrected chi connectivity index (χ0v) is 15.1. The highest BCUT2D eigenvalue weighted by atomic mass is 14.8.